The Bertz CT molecular complexity index is 819. The second kappa shape index (κ2) is 4.98. The Morgan fingerprint density at radius 3 is 2.50 bits per heavy atom. The van der Waals surface area contributed by atoms with Gasteiger partial charge >= 0.3 is 0 Å². The molecule has 0 aliphatic heterocycles. The van der Waals surface area contributed by atoms with Crippen molar-refractivity contribution < 1.29 is 14.3 Å². The second-order valence-electron chi connectivity index (χ2n) is 4.39. The quantitative estimate of drug-likeness (QED) is 0.701. The second-order valence-corrected chi connectivity index (χ2v) is 4.79. The standard InChI is InChI=1S/C16H12O3S/c1-18-12-5-2-10(3-6-12)14-9-16(20)19-15-8-11(17)4-7-13(14)15/h2-9,17H,1H3. The molecule has 1 heterocycles. The summed E-state index contributed by atoms with van der Waals surface area (Å²) in [5.74, 6) is 0.956. The maximum Gasteiger partial charge on any atom is 0.191 e. The Labute approximate surface area is 121 Å². The van der Waals surface area contributed by atoms with Crippen molar-refractivity contribution in [1.82, 2.24) is 0 Å². The third kappa shape index (κ3) is 2.26. The highest BCUT2D eigenvalue weighted by molar-refractivity contribution is 7.71. The maximum atomic E-state index is 9.54. The summed E-state index contributed by atoms with van der Waals surface area (Å²) >= 11 is 5.15. The summed E-state index contributed by atoms with van der Waals surface area (Å²) in [6.45, 7) is 0. The van der Waals surface area contributed by atoms with Gasteiger partial charge in [0.05, 0.1) is 7.11 Å². The van der Waals surface area contributed by atoms with Crippen molar-refractivity contribution in [2.45, 2.75) is 0 Å². The summed E-state index contributed by atoms with van der Waals surface area (Å²) in [6.07, 6.45) is 0. The van der Waals surface area contributed by atoms with Crippen molar-refractivity contribution in [3.63, 3.8) is 0 Å². The van der Waals surface area contributed by atoms with Crippen LogP contribution in [-0.2, 0) is 0 Å². The molecule has 0 bridgehead atoms. The molecule has 0 unspecified atom stereocenters. The van der Waals surface area contributed by atoms with Crippen LogP contribution in [0.25, 0.3) is 22.1 Å². The zero-order valence-corrected chi connectivity index (χ0v) is 11.6. The van der Waals surface area contributed by atoms with Gasteiger partial charge < -0.3 is 14.3 Å². The molecule has 20 heavy (non-hydrogen) atoms. The number of phenolic OH excluding ortho intramolecular Hbond substituents is 1. The summed E-state index contributed by atoms with van der Waals surface area (Å²) in [7, 11) is 1.63. The van der Waals surface area contributed by atoms with Crippen LogP contribution in [0.5, 0.6) is 11.5 Å². The van der Waals surface area contributed by atoms with E-state index in [4.69, 9.17) is 21.4 Å². The molecule has 4 heteroatoms. The van der Waals surface area contributed by atoms with E-state index in [1.807, 2.05) is 36.4 Å². The van der Waals surface area contributed by atoms with Gasteiger partial charge in [0.15, 0.2) is 4.71 Å². The van der Waals surface area contributed by atoms with Gasteiger partial charge in [0.2, 0.25) is 0 Å². The number of hydrogen-bond donors (Lipinski definition) is 1. The fourth-order valence-corrected chi connectivity index (χ4v) is 2.37. The van der Waals surface area contributed by atoms with Crippen molar-refractivity contribution in [2.75, 3.05) is 7.11 Å². The molecule has 0 spiro atoms. The van der Waals surface area contributed by atoms with Gasteiger partial charge in [-0.25, -0.2) is 0 Å². The Kier molecular flexibility index (Phi) is 3.16. The number of hydrogen-bond acceptors (Lipinski definition) is 4. The Balaban J connectivity index is 2.26. The first-order valence-corrected chi connectivity index (χ1v) is 6.49. The molecule has 0 fully saturated rings. The van der Waals surface area contributed by atoms with E-state index in [2.05, 4.69) is 0 Å². The third-order valence-corrected chi connectivity index (χ3v) is 3.33. The number of phenols is 1. The van der Waals surface area contributed by atoms with Crippen molar-refractivity contribution in [1.29, 1.82) is 0 Å². The molecule has 2 aromatic carbocycles. The van der Waals surface area contributed by atoms with E-state index in [9.17, 15) is 5.11 Å². The number of ether oxygens (including phenoxy) is 1. The molecule has 0 saturated carbocycles. The fraction of sp³-hybridized carbons (Fsp3) is 0.0625. The lowest BCUT2D eigenvalue weighted by molar-refractivity contribution is 0.415. The smallest absolute Gasteiger partial charge is 0.191 e. The van der Waals surface area contributed by atoms with E-state index in [0.29, 0.717) is 10.3 Å². The largest absolute Gasteiger partial charge is 0.508 e. The van der Waals surface area contributed by atoms with Gasteiger partial charge in [0, 0.05) is 17.5 Å². The van der Waals surface area contributed by atoms with Crippen molar-refractivity contribution in [2.24, 2.45) is 0 Å². The number of benzene rings is 2. The van der Waals surface area contributed by atoms with Gasteiger partial charge in [-0.15, -0.1) is 0 Å². The minimum atomic E-state index is 0.155. The van der Waals surface area contributed by atoms with Crippen LogP contribution in [0.4, 0.5) is 0 Å². The summed E-state index contributed by atoms with van der Waals surface area (Å²) in [5.41, 5.74) is 2.56. The minimum Gasteiger partial charge on any atom is -0.508 e. The molecule has 0 atom stereocenters. The molecular weight excluding hydrogens is 272 g/mol. The lowest BCUT2D eigenvalue weighted by atomic mass is 10.0. The van der Waals surface area contributed by atoms with Crippen LogP contribution in [0.2, 0.25) is 0 Å². The lowest BCUT2D eigenvalue weighted by Gasteiger charge is -2.07. The topological polar surface area (TPSA) is 42.6 Å². The van der Waals surface area contributed by atoms with E-state index < -0.39 is 0 Å². The van der Waals surface area contributed by atoms with E-state index in [1.54, 1.807) is 19.2 Å². The number of aromatic hydroxyl groups is 1. The summed E-state index contributed by atoms with van der Waals surface area (Å²) < 4.78 is 11.0. The molecule has 1 N–H and O–H groups in total. The SMILES string of the molecule is COc1ccc(-c2cc(=S)oc3cc(O)ccc23)cc1. The van der Waals surface area contributed by atoms with Crippen molar-refractivity contribution >= 4 is 23.2 Å². The Hall–Kier alpha value is -2.33. The van der Waals surface area contributed by atoms with Crippen LogP contribution in [0, 0.1) is 4.71 Å². The van der Waals surface area contributed by atoms with Crippen molar-refractivity contribution in [3.05, 3.63) is 53.2 Å². The molecule has 3 rings (SSSR count). The monoisotopic (exact) mass is 284 g/mol. The van der Waals surface area contributed by atoms with Crippen LogP contribution in [0.15, 0.2) is 52.9 Å². The van der Waals surface area contributed by atoms with Crippen LogP contribution < -0.4 is 4.74 Å². The molecule has 0 radical (unpaired) electrons. The maximum absolute atomic E-state index is 9.54. The highest BCUT2D eigenvalue weighted by atomic mass is 32.1. The van der Waals surface area contributed by atoms with E-state index in [-0.39, 0.29) is 5.75 Å². The molecule has 100 valence electrons. The van der Waals surface area contributed by atoms with Gasteiger partial charge in [-0.1, -0.05) is 12.1 Å². The number of fused-ring (bicyclic) bond motifs is 1. The molecule has 1 aromatic heterocycles. The van der Waals surface area contributed by atoms with Gasteiger partial charge in [0.1, 0.15) is 17.1 Å². The van der Waals surface area contributed by atoms with E-state index in [1.165, 1.54) is 0 Å². The van der Waals surface area contributed by atoms with Crippen LogP contribution >= 0.6 is 12.2 Å². The van der Waals surface area contributed by atoms with Crippen molar-refractivity contribution in [3.8, 4) is 22.6 Å². The van der Waals surface area contributed by atoms with Crippen LogP contribution in [-0.4, -0.2) is 12.2 Å². The average Bonchev–Trinajstić information content (AvgIpc) is 2.46. The molecule has 0 saturated heterocycles. The van der Waals surface area contributed by atoms with Gasteiger partial charge in [0.25, 0.3) is 0 Å². The zero-order valence-electron chi connectivity index (χ0n) is 10.8. The Morgan fingerprint density at radius 2 is 1.80 bits per heavy atom. The first-order chi connectivity index (χ1) is 9.67. The summed E-state index contributed by atoms with van der Waals surface area (Å²) in [5, 5.41) is 10.4. The molecule has 3 nitrogen and oxygen atoms in total. The molecule has 3 aromatic rings. The average molecular weight is 284 g/mol. The molecule has 0 aliphatic rings. The fourth-order valence-electron chi connectivity index (χ4n) is 2.16. The predicted molar refractivity (Wildman–Crippen MR) is 80.7 cm³/mol. The normalized spacial score (nSPS) is 10.7. The van der Waals surface area contributed by atoms with Crippen LogP contribution in [0.3, 0.4) is 0 Å². The summed E-state index contributed by atoms with van der Waals surface area (Å²) in [6, 6.07) is 14.6. The number of rotatable bonds is 2. The highest BCUT2D eigenvalue weighted by Gasteiger charge is 2.07. The first-order valence-electron chi connectivity index (χ1n) is 6.09. The van der Waals surface area contributed by atoms with Gasteiger partial charge in [-0.3, -0.25) is 0 Å². The number of methoxy groups -OCH3 is 1. The van der Waals surface area contributed by atoms with Gasteiger partial charge in [-0.2, -0.15) is 0 Å². The zero-order chi connectivity index (χ0) is 14.1. The Morgan fingerprint density at radius 1 is 1.05 bits per heavy atom. The molecule has 0 aliphatic carbocycles. The first kappa shape index (κ1) is 12.7. The van der Waals surface area contributed by atoms with E-state index >= 15 is 0 Å². The predicted octanol–water partition coefficient (Wildman–Crippen LogP) is 4.54. The van der Waals surface area contributed by atoms with E-state index in [0.717, 1.165) is 22.3 Å². The lowest BCUT2D eigenvalue weighted by Crippen LogP contribution is -1.84. The minimum absolute atomic E-state index is 0.155. The molecule has 0 amide bonds. The highest BCUT2D eigenvalue weighted by Crippen LogP contribution is 2.32. The van der Waals surface area contributed by atoms with Crippen LogP contribution in [0.1, 0.15) is 0 Å². The summed E-state index contributed by atoms with van der Waals surface area (Å²) in [4.78, 5) is 0. The van der Waals surface area contributed by atoms with Gasteiger partial charge in [-0.05, 0) is 47.6 Å². The third-order valence-electron chi connectivity index (χ3n) is 3.13. The molecular formula is C16H12O3S.